The zero-order chi connectivity index (χ0) is 23.8. The standard InChI is InChI=1S/C23H22FN3O5S/c1-3-32-22-11-20-14(9-19(22)24)8-15(25-20)10-21-17-6-4-5-7-18(17)23(29)27(26-21)12-16(28)13-33(2,30)31/h4-9,11,25H,3,10,12-13H2,1-2H3. The molecular formula is C23H22FN3O5S. The fourth-order valence-electron chi connectivity index (χ4n) is 3.78. The number of hydrogen-bond acceptors (Lipinski definition) is 6. The van der Waals surface area contributed by atoms with E-state index in [1.165, 1.54) is 6.07 Å². The molecule has 0 atom stereocenters. The number of carbonyl (C=O) groups is 1. The zero-order valence-electron chi connectivity index (χ0n) is 18.1. The molecule has 8 nitrogen and oxygen atoms in total. The van der Waals surface area contributed by atoms with Crippen molar-refractivity contribution >= 4 is 37.3 Å². The monoisotopic (exact) mass is 471 g/mol. The number of ketones is 1. The number of aromatic amines is 1. The summed E-state index contributed by atoms with van der Waals surface area (Å²) in [6, 6.07) is 11.6. The van der Waals surface area contributed by atoms with Gasteiger partial charge in [0.25, 0.3) is 5.56 Å². The Balaban J connectivity index is 1.75. The number of sulfone groups is 1. The van der Waals surface area contributed by atoms with Gasteiger partial charge in [0.1, 0.15) is 12.3 Å². The van der Waals surface area contributed by atoms with Crippen molar-refractivity contribution in [3.63, 3.8) is 0 Å². The van der Waals surface area contributed by atoms with E-state index in [0.29, 0.717) is 34.0 Å². The minimum atomic E-state index is -3.52. The highest BCUT2D eigenvalue weighted by molar-refractivity contribution is 7.91. The molecule has 0 fully saturated rings. The van der Waals surface area contributed by atoms with Gasteiger partial charge in [0.15, 0.2) is 27.2 Å². The fraction of sp³-hybridized carbons (Fsp3) is 0.261. The highest BCUT2D eigenvalue weighted by atomic mass is 32.2. The normalized spacial score (nSPS) is 11.8. The molecule has 4 aromatic rings. The predicted molar refractivity (Wildman–Crippen MR) is 123 cm³/mol. The first kappa shape index (κ1) is 22.7. The van der Waals surface area contributed by atoms with E-state index in [-0.39, 0.29) is 12.2 Å². The topological polar surface area (TPSA) is 111 Å². The molecule has 2 aromatic carbocycles. The summed E-state index contributed by atoms with van der Waals surface area (Å²) < 4.78 is 43.4. The van der Waals surface area contributed by atoms with Crippen molar-refractivity contribution in [3.05, 3.63) is 70.0 Å². The van der Waals surface area contributed by atoms with Gasteiger partial charge in [-0.25, -0.2) is 17.5 Å². The number of nitrogens with one attached hydrogen (secondary N) is 1. The highest BCUT2D eigenvalue weighted by Gasteiger charge is 2.17. The van der Waals surface area contributed by atoms with Crippen LogP contribution in [-0.2, 0) is 27.6 Å². The molecule has 0 amide bonds. The van der Waals surface area contributed by atoms with Crippen LogP contribution >= 0.6 is 0 Å². The van der Waals surface area contributed by atoms with Gasteiger partial charge in [-0.05, 0) is 25.1 Å². The second kappa shape index (κ2) is 8.78. The van der Waals surface area contributed by atoms with Crippen LogP contribution in [0.15, 0.2) is 47.3 Å². The Hall–Kier alpha value is -3.53. The maximum atomic E-state index is 14.2. The molecule has 0 unspecified atom stereocenters. The average Bonchev–Trinajstić information content (AvgIpc) is 3.11. The van der Waals surface area contributed by atoms with Gasteiger partial charge in [-0.15, -0.1) is 0 Å². The van der Waals surface area contributed by atoms with Crippen molar-refractivity contribution < 1.29 is 22.3 Å². The van der Waals surface area contributed by atoms with Crippen molar-refractivity contribution in [1.82, 2.24) is 14.8 Å². The minimum absolute atomic E-state index is 0.153. The first-order valence-electron chi connectivity index (χ1n) is 10.3. The molecule has 0 bridgehead atoms. The number of carbonyl (C=O) groups excluding carboxylic acids is 1. The van der Waals surface area contributed by atoms with Crippen LogP contribution in [0.5, 0.6) is 5.75 Å². The highest BCUT2D eigenvalue weighted by Crippen LogP contribution is 2.26. The number of H-pyrrole nitrogens is 1. The summed E-state index contributed by atoms with van der Waals surface area (Å²) in [4.78, 5) is 28.3. The van der Waals surface area contributed by atoms with Crippen LogP contribution in [0.25, 0.3) is 21.7 Å². The summed E-state index contributed by atoms with van der Waals surface area (Å²) in [5.41, 5.74) is 1.46. The molecule has 10 heteroatoms. The number of nitrogens with zero attached hydrogens (tertiary/aromatic N) is 2. The van der Waals surface area contributed by atoms with Crippen molar-refractivity contribution in [1.29, 1.82) is 0 Å². The molecule has 172 valence electrons. The number of halogens is 1. The molecule has 33 heavy (non-hydrogen) atoms. The van der Waals surface area contributed by atoms with E-state index in [4.69, 9.17) is 4.74 Å². The van der Waals surface area contributed by atoms with Crippen molar-refractivity contribution in [2.24, 2.45) is 0 Å². The zero-order valence-corrected chi connectivity index (χ0v) is 18.9. The molecule has 0 aliphatic carbocycles. The summed E-state index contributed by atoms with van der Waals surface area (Å²) in [5.74, 6) is -1.60. The van der Waals surface area contributed by atoms with E-state index in [0.717, 1.165) is 16.6 Å². The van der Waals surface area contributed by atoms with Gasteiger partial charge >= 0.3 is 0 Å². The Kier molecular flexibility index (Phi) is 6.03. The van der Waals surface area contributed by atoms with Crippen molar-refractivity contribution in [2.45, 2.75) is 19.9 Å². The van der Waals surface area contributed by atoms with Crippen LogP contribution < -0.4 is 10.3 Å². The third-order valence-electron chi connectivity index (χ3n) is 5.08. The van der Waals surface area contributed by atoms with Gasteiger partial charge in [0.05, 0.1) is 17.7 Å². The van der Waals surface area contributed by atoms with Crippen LogP contribution in [0.1, 0.15) is 18.3 Å². The molecule has 0 saturated carbocycles. The number of hydrogen-bond donors (Lipinski definition) is 1. The van der Waals surface area contributed by atoms with Gasteiger partial charge in [0.2, 0.25) is 0 Å². The number of benzene rings is 2. The molecule has 4 rings (SSSR count). The Morgan fingerprint density at radius 1 is 1.18 bits per heavy atom. The number of ether oxygens (including phenoxy) is 1. The third-order valence-corrected chi connectivity index (χ3v) is 5.93. The fourth-order valence-corrected chi connectivity index (χ4v) is 4.46. The lowest BCUT2D eigenvalue weighted by Gasteiger charge is -2.10. The maximum absolute atomic E-state index is 14.2. The Morgan fingerprint density at radius 3 is 2.61 bits per heavy atom. The van der Waals surface area contributed by atoms with Gasteiger partial charge < -0.3 is 9.72 Å². The molecule has 0 saturated heterocycles. The third kappa shape index (κ3) is 4.95. The quantitative estimate of drug-likeness (QED) is 0.423. The van der Waals surface area contributed by atoms with E-state index < -0.39 is 39.3 Å². The lowest BCUT2D eigenvalue weighted by Crippen LogP contribution is -2.30. The lowest BCUT2D eigenvalue weighted by atomic mass is 10.1. The smallest absolute Gasteiger partial charge is 0.275 e. The number of rotatable bonds is 8. The molecule has 2 heterocycles. The van der Waals surface area contributed by atoms with Crippen LogP contribution in [0.4, 0.5) is 4.39 Å². The summed E-state index contributed by atoms with van der Waals surface area (Å²) in [5, 5.41) is 6.02. The summed E-state index contributed by atoms with van der Waals surface area (Å²) in [6.45, 7) is 1.67. The van der Waals surface area contributed by atoms with Gasteiger partial charge in [-0.3, -0.25) is 9.59 Å². The Labute approximate surface area is 188 Å². The maximum Gasteiger partial charge on any atom is 0.275 e. The first-order valence-corrected chi connectivity index (χ1v) is 12.3. The van der Waals surface area contributed by atoms with Crippen molar-refractivity contribution in [2.75, 3.05) is 18.6 Å². The largest absolute Gasteiger partial charge is 0.491 e. The van der Waals surface area contributed by atoms with E-state index in [2.05, 4.69) is 10.1 Å². The summed E-state index contributed by atoms with van der Waals surface area (Å²) in [6.07, 6.45) is 1.24. The second-order valence-corrected chi connectivity index (χ2v) is 9.98. The Bertz CT molecular complexity index is 1540. The summed E-state index contributed by atoms with van der Waals surface area (Å²) in [7, 11) is -3.52. The molecule has 0 spiro atoms. The van der Waals surface area contributed by atoms with Crippen molar-refractivity contribution in [3.8, 4) is 5.75 Å². The van der Waals surface area contributed by atoms with E-state index in [9.17, 15) is 22.4 Å². The molecule has 0 aliphatic heterocycles. The molecular weight excluding hydrogens is 449 g/mol. The van der Waals surface area contributed by atoms with Crippen LogP contribution in [0, 0.1) is 5.82 Å². The number of Topliss-reactive ketones (excluding diaryl/α,β-unsaturated/α-hetero) is 1. The molecule has 0 radical (unpaired) electrons. The first-order chi connectivity index (χ1) is 15.6. The number of aromatic nitrogens is 3. The SMILES string of the molecule is CCOc1cc2[nH]c(Cc3nn(CC(=O)CS(C)(=O)=O)c(=O)c4ccccc34)cc2cc1F. The van der Waals surface area contributed by atoms with Gasteiger partial charge in [0, 0.05) is 40.7 Å². The molecule has 1 N–H and O–H groups in total. The van der Waals surface area contributed by atoms with Gasteiger partial charge in [-0.2, -0.15) is 5.10 Å². The van der Waals surface area contributed by atoms with E-state index >= 15 is 0 Å². The van der Waals surface area contributed by atoms with Crippen LogP contribution in [0.2, 0.25) is 0 Å². The predicted octanol–water partition coefficient (Wildman–Crippen LogP) is 2.62. The number of fused-ring (bicyclic) bond motifs is 2. The second-order valence-electron chi connectivity index (χ2n) is 7.84. The summed E-state index contributed by atoms with van der Waals surface area (Å²) >= 11 is 0. The molecule has 0 aliphatic rings. The van der Waals surface area contributed by atoms with Crippen LogP contribution in [-0.4, -0.2) is 47.6 Å². The Morgan fingerprint density at radius 2 is 1.91 bits per heavy atom. The lowest BCUT2D eigenvalue weighted by molar-refractivity contribution is -0.117. The van der Waals surface area contributed by atoms with E-state index in [1.54, 1.807) is 43.3 Å². The average molecular weight is 472 g/mol. The van der Waals surface area contributed by atoms with E-state index in [1.807, 2.05) is 0 Å². The van der Waals surface area contributed by atoms with Gasteiger partial charge in [-0.1, -0.05) is 18.2 Å². The minimum Gasteiger partial charge on any atom is -0.491 e. The molecule has 2 aromatic heterocycles. The van der Waals surface area contributed by atoms with Crippen LogP contribution in [0.3, 0.4) is 0 Å².